The highest BCUT2D eigenvalue weighted by Crippen LogP contribution is 2.46. The van der Waals surface area contributed by atoms with Crippen molar-refractivity contribution in [3.05, 3.63) is 255 Å². The van der Waals surface area contributed by atoms with E-state index in [1.165, 1.54) is 82.3 Å². The first-order valence-corrected chi connectivity index (χ1v) is 22.0. The average molecular weight is 815 g/mol. The van der Waals surface area contributed by atoms with Crippen LogP contribution in [0.15, 0.2) is 255 Å². The van der Waals surface area contributed by atoms with Gasteiger partial charge in [0.2, 0.25) is 0 Å². The van der Waals surface area contributed by atoms with E-state index < -0.39 is 0 Å². The lowest BCUT2D eigenvalue weighted by atomic mass is 9.93. The van der Waals surface area contributed by atoms with Gasteiger partial charge in [0.1, 0.15) is 0 Å². The third kappa shape index (κ3) is 6.52. The van der Waals surface area contributed by atoms with Gasteiger partial charge in [-0.1, -0.05) is 182 Å². The highest BCUT2D eigenvalue weighted by Gasteiger charge is 2.21. The first-order chi connectivity index (χ1) is 31.7. The standard InChI is InChI=1S/C62H42N2/c1-4-18-43(19-5-1)49-38-50(44-20-6-2-7-21-44)40-51(39-49)45-34-36-53(37-35-45)63(59-33-17-24-46-22-10-12-29-55(46)59)54-28-16-25-47(41-54)58-42-48-23-11-13-30-56(48)62-61(58)57-31-14-15-32-60(57)64(62)52-26-8-3-9-27-52/h1-42H. The van der Waals surface area contributed by atoms with Gasteiger partial charge in [0.25, 0.3) is 0 Å². The van der Waals surface area contributed by atoms with Crippen LogP contribution in [-0.4, -0.2) is 4.57 Å². The molecule has 2 nitrogen and oxygen atoms in total. The normalized spacial score (nSPS) is 11.4. The van der Waals surface area contributed by atoms with Crippen molar-refractivity contribution in [3.8, 4) is 50.2 Å². The number of benzene rings is 11. The van der Waals surface area contributed by atoms with Gasteiger partial charge >= 0.3 is 0 Å². The van der Waals surface area contributed by atoms with Crippen molar-refractivity contribution in [2.45, 2.75) is 0 Å². The van der Waals surface area contributed by atoms with Crippen molar-refractivity contribution in [2.24, 2.45) is 0 Å². The summed E-state index contributed by atoms with van der Waals surface area (Å²) >= 11 is 0. The van der Waals surface area contributed by atoms with Crippen LogP contribution in [0.4, 0.5) is 17.1 Å². The van der Waals surface area contributed by atoms with Crippen molar-refractivity contribution in [1.29, 1.82) is 0 Å². The number of rotatable bonds is 8. The predicted molar refractivity (Wildman–Crippen MR) is 272 cm³/mol. The van der Waals surface area contributed by atoms with Gasteiger partial charge in [-0.25, -0.2) is 0 Å². The zero-order valence-corrected chi connectivity index (χ0v) is 35.1. The Morgan fingerprint density at radius 3 is 1.50 bits per heavy atom. The zero-order valence-electron chi connectivity index (χ0n) is 35.1. The van der Waals surface area contributed by atoms with E-state index in [0.717, 1.165) is 28.3 Å². The maximum atomic E-state index is 2.45. The molecule has 0 N–H and O–H groups in total. The van der Waals surface area contributed by atoms with Crippen LogP contribution in [0.1, 0.15) is 0 Å². The summed E-state index contributed by atoms with van der Waals surface area (Å²) < 4.78 is 2.45. The van der Waals surface area contributed by atoms with Gasteiger partial charge in [-0.2, -0.15) is 0 Å². The smallest absolute Gasteiger partial charge is 0.0625 e. The van der Waals surface area contributed by atoms with Gasteiger partial charge in [0.05, 0.1) is 16.7 Å². The van der Waals surface area contributed by atoms with E-state index in [1.54, 1.807) is 0 Å². The van der Waals surface area contributed by atoms with Gasteiger partial charge in [-0.15, -0.1) is 0 Å². The number of aromatic nitrogens is 1. The molecule has 0 saturated heterocycles. The maximum Gasteiger partial charge on any atom is 0.0625 e. The molecule has 0 aliphatic rings. The van der Waals surface area contributed by atoms with Gasteiger partial charge < -0.3 is 9.47 Å². The van der Waals surface area contributed by atoms with Crippen LogP contribution in [0.25, 0.3) is 93.5 Å². The minimum atomic E-state index is 1.09. The van der Waals surface area contributed by atoms with Crippen molar-refractivity contribution < 1.29 is 0 Å². The minimum Gasteiger partial charge on any atom is -0.310 e. The zero-order chi connectivity index (χ0) is 42.4. The van der Waals surface area contributed by atoms with Crippen LogP contribution >= 0.6 is 0 Å². The van der Waals surface area contributed by atoms with Gasteiger partial charge in [-0.3, -0.25) is 0 Å². The highest BCUT2D eigenvalue weighted by molar-refractivity contribution is 6.24. The Kier molecular flexibility index (Phi) is 9.20. The van der Waals surface area contributed by atoms with Crippen LogP contribution < -0.4 is 4.90 Å². The van der Waals surface area contributed by atoms with E-state index in [2.05, 4.69) is 264 Å². The van der Waals surface area contributed by atoms with Gasteiger partial charge in [0, 0.05) is 38.6 Å². The summed E-state index contributed by atoms with van der Waals surface area (Å²) in [5.74, 6) is 0. The number of nitrogens with zero attached hydrogens (tertiary/aromatic N) is 2. The van der Waals surface area contributed by atoms with Gasteiger partial charge in [0.15, 0.2) is 0 Å². The van der Waals surface area contributed by atoms with E-state index >= 15 is 0 Å². The first-order valence-electron chi connectivity index (χ1n) is 22.0. The summed E-state index contributed by atoms with van der Waals surface area (Å²) in [6, 6.07) is 92.7. The van der Waals surface area contributed by atoms with Crippen LogP contribution in [0.3, 0.4) is 0 Å². The van der Waals surface area contributed by atoms with Crippen LogP contribution in [0.5, 0.6) is 0 Å². The monoisotopic (exact) mass is 814 g/mol. The summed E-state index contributed by atoms with van der Waals surface area (Å²) in [7, 11) is 0. The molecule has 12 rings (SSSR count). The van der Waals surface area contributed by atoms with E-state index in [-0.39, 0.29) is 0 Å². The molecule has 1 heterocycles. The molecule has 0 spiro atoms. The molecule has 12 aromatic rings. The van der Waals surface area contributed by atoms with Crippen molar-refractivity contribution in [1.82, 2.24) is 4.57 Å². The largest absolute Gasteiger partial charge is 0.310 e. The molecular formula is C62H42N2. The number of anilines is 3. The fourth-order valence-electron chi connectivity index (χ4n) is 9.74. The van der Waals surface area contributed by atoms with E-state index in [4.69, 9.17) is 0 Å². The quantitative estimate of drug-likeness (QED) is 0.148. The van der Waals surface area contributed by atoms with Crippen LogP contribution in [-0.2, 0) is 0 Å². The maximum absolute atomic E-state index is 2.45. The van der Waals surface area contributed by atoms with Crippen molar-refractivity contribution >= 4 is 60.4 Å². The second kappa shape index (κ2) is 15.8. The van der Waals surface area contributed by atoms with Crippen molar-refractivity contribution in [3.63, 3.8) is 0 Å². The Balaban J connectivity index is 1.04. The molecule has 0 fully saturated rings. The van der Waals surface area contributed by atoms with E-state index in [1.807, 2.05) is 0 Å². The van der Waals surface area contributed by atoms with Crippen LogP contribution in [0, 0.1) is 0 Å². The molecule has 0 saturated carbocycles. The SMILES string of the molecule is c1ccc(-c2cc(-c3ccccc3)cc(-c3ccc(N(c4cccc(-c5cc6ccccc6c6c5c5ccccc5n6-c5ccccc5)c4)c4cccc5ccccc45)cc3)c2)cc1. The molecule has 0 unspecified atom stereocenters. The minimum absolute atomic E-state index is 1.09. The third-order valence-corrected chi connectivity index (χ3v) is 12.7. The molecule has 2 heteroatoms. The van der Waals surface area contributed by atoms with Crippen molar-refractivity contribution in [2.75, 3.05) is 4.90 Å². The number of fused-ring (bicyclic) bond motifs is 6. The Morgan fingerprint density at radius 2 is 0.812 bits per heavy atom. The molecule has 11 aromatic carbocycles. The molecule has 0 radical (unpaired) electrons. The summed E-state index contributed by atoms with van der Waals surface area (Å²) in [5.41, 5.74) is 16.4. The molecule has 1 aromatic heterocycles. The Morgan fingerprint density at radius 1 is 0.297 bits per heavy atom. The van der Waals surface area contributed by atoms with E-state index in [0.29, 0.717) is 0 Å². The summed E-state index contributed by atoms with van der Waals surface area (Å²) in [6.07, 6.45) is 0. The third-order valence-electron chi connectivity index (χ3n) is 12.7. The Labute approximate surface area is 373 Å². The van der Waals surface area contributed by atoms with E-state index in [9.17, 15) is 0 Å². The second-order valence-corrected chi connectivity index (χ2v) is 16.5. The number of hydrogen-bond acceptors (Lipinski definition) is 1. The average Bonchev–Trinajstić information content (AvgIpc) is 3.73. The molecular weight excluding hydrogens is 773 g/mol. The lowest BCUT2D eigenvalue weighted by Gasteiger charge is -2.27. The van der Waals surface area contributed by atoms with Gasteiger partial charge in [-0.05, 0) is 128 Å². The highest BCUT2D eigenvalue weighted by atomic mass is 15.1. The topological polar surface area (TPSA) is 8.17 Å². The molecule has 0 amide bonds. The first kappa shape index (κ1) is 37.3. The Bertz CT molecular complexity index is 3580. The lowest BCUT2D eigenvalue weighted by Crippen LogP contribution is -2.10. The fourth-order valence-corrected chi connectivity index (χ4v) is 9.74. The second-order valence-electron chi connectivity index (χ2n) is 16.5. The molecule has 0 aliphatic carbocycles. The molecule has 0 aliphatic heterocycles. The predicted octanol–water partition coefficient (Wildman–Crippen LogP) is 17.2. The molecule has 0 atom stereocenters. The molecule has 300 valence electrons. The Hall–Kier alpha value is -8.46. The number of hydrogen-bond donors (Lipinski definition) is 0. The summed E-state index contributed by atoms with van der Waals surface area (Å²) in [4.78, 5) is 2.43. The summed E-state index contributed by atoms with van der Waals surface area (Å²) in [5, 5.41) is 7.34. The fraction of sp³-hybridized carbons (Fsp3) is 0. The molecule has 0 bridgehead atoms. The molecule has 64 heavy (non-hydrogen) atoms. The number of para-hydroxylation sites is 2. The van der Waals surface area contributed by atoms with Crippen LogP contribution in [0.2, 0.25) is 0 Å². The summed E-state index contributed by atoms with van der Waals surface area (Å²) in [6.45, 7) is 0. The lowest BCUT2D eigenvalue weighted by molar-refractivity contribution is 1.19.